The van der Waals surface area contributed by atoms with Crippen molar-refractivity contribution in [1.82, 2.24) is 9.97 Å². The summed E-state index contributed by atoms with van der Waals surface area (Å²) in [6, 6.07) is 3.49. The standard InChI is InChI=1S/C14H18N4OS/c1-14(2,3)11-8-20-13(17-11)18-12(19)10-6-5-9(15-4)7-16-10/h5-8,15H,1-4H3,(H,17,18,19). The van der Waals surface area contributed by atoms with E-state index in [9.17, 15) is 4.79 Å². The van der Waals surface area contributed by atoms with Gasteiger partial charge < -0.3 is 5.32 Å². The van der Waals surface area contributed by atoms with E-state index < -0.39 is 0 Å². The Morgan fingerprint density at radius 3 is 2.55 bits per heavy atom. The molecule has 0 saturated carbocycles. The molecule has 2 rings (SSSR count). The number of aromatic nitrogens is 2. The molecule has 0 bridgehead atoms. The third kappa shape index (κ3) is 3.33. The Bertz CT molecular complexity index is 598. The molecule has 5 nitrogen and oxygen atoms in total. The lowest BCUT2D eigenvalue weighted by atomic mass is 9.93. The Hall–Kier alpha value is -1.95. The van der Waals surface area contributed by atoms with E-state index in [-0.39, 0.29) is 11.3 Å². The fraction of sp³-hybridized carbons (Fsp3) is 0.357. The minimum Gasteiger partial charge on any atom is -0.387 e. The molecular weight excluding hydrogens is 272 g/mol. The molecule has 20 heavy (non-hydrogen) atoms. The lowest BCUT2D eigenvalue weighted by Gasteiger charge is -2.14. The smallest absolute Gasteiger partial charge is 0.276 e. The second kappa shape index (κ2) is 5.58. The third-order valence-electron chi connectivity index (χ3n) is 2.78. The van der Waals surface area contributed by atoms with Crippen LogP contribution in [0.3, 0.4) is 0 Å². The first-order valence-corrected chi connectivity index (χ1v) is 7.19. The van der Waals surface area contributed by atoms with Crippen molar-refractivity contribution in [1.29, 1.82) is 0 Å². The maximum Gasteiger partial charge on any atom is 0.276 e. The number of nitrogens with one attached hydrogen (secondary N) is 2. The maximum atomic E-state index is 12.0. The summed E-state index contributed by atoms with van der Waals surface area (Å²) in [7, 11) is 1.81. The first-order chi connectivity index (χ1) is 9.40. The van der Waals surface area contributed by atoms with Crippen LogP contribution in [-0.2, 0) is 5.41 Å². The van der Waals surface area contributed by atoms with E-state index in [4.69, 9.17) is 0 Å². The van der Waals surface area contributed by atoms with Crippen molar-refractivity contribution in [3.63, 3.8) is 0 Å². The molecule has 0 aliphatic rings. The molecule has 2 N–H and O–H groups in total. The van der Waals surface area contributed by atoms with Crippen molar-refractivity contribution in [3.8, 4) is 0 Å². The van der Waals surface area contributed by atoms with Crippen molar-refractivity contribution in [2.75, 3.05) is 17.7 Å². The van der Waals surface area contributed by atoms with Gasteiger partial charge in [0.1, 0.15) is 5.69 Å². The van der Waals surface area contributed by atoms with Gasteiger partial charge in [-0.15, -0.1) is 11.3 Å². The average molecular weight is 290 g/mol. The third-order valence-corrected chi connectivity index (χ3v) is 3.54. The molecular formula is C14H18N4OS. The van der Waals surface area contributed by atoms with Crippen LogP contribution in [0.5, 0.6) is 0 Å². The van der Waals surface area contributed by atoms with Gasteiger partial charge >= 0.3 is 0 Å². The van der Waals surface area contributed by atoms with Gasteiger partial charge in [-0.1, -0.05) is 20.8 Å². The quantitative estimate of drug-likeness (QED) is 0.911. The number of nitrogens with zero attached hydrogens (tertiary/aromatic N) is 2. The molecule has 2 heterocycles. The first kappa shape index (κ1) is 14.5. The minimum atomic E-state index is -0.248. The number of pyridine rings is 1. The SMILES string of the molecule is CNc1ccc(C(=O)Nc2nc(C(C)(C)C)cs2)nc1. The molecule has 2 aromatic rings. The van der Waals surface area contributed by atoms with E-state index in [0.29, 0.717) is 10.8 Å². The van der Waals surface area contributed by atoms with E-state index >= 15 is 0 Å². The highest BCUT2D eigenvalue weighted by Gasteiger charge is 2.18. The van der Waals surface area contributed by atoms with Crippen molar-refractivity contribution in [2.24, 2.45) is 0 Å². The Morgan fingerprint density at radius 2 is 2.05 bits per heavy atom. The highest BCUT2D eigenvalue weighted by atomic mass is 32.1. The minimum absolute atomic E-state index is 0.0217. The Balaban J connectivity index is 2.09. The van der Waals surface area contributed by atoms with Crippen molar-refractivity contribution >= 4 is 28.1 Å². The van der Waals surface area contributed by atoms with Crippen molar-refractivity contribution in [3.05, 3.63) is 35.1 Å². The Labute approximate surface area is 122 Å². The van der Waals surface area contributed by atoms with Crippen LogP contribution in [0.25, 0.3) is 0 Å². The summed E-state index contributed by atoms with van der Waals surface area (Å²) in [5.74, 6) is -0.248. The van der Waals surface area contributed by atoms with Crippen LogP contribution < -0.4 is 10.6 Å². The van der Waals surface area contributed by atoms with E-state index in [2.05, 4.69) is 41.4 Å². The first-order valence-electron chi connectivity index (χ1n) is 6.31. The molecule has 0 spiro atoms. The van der Waals surface area contributed by atoms with Gasteiger partial charge in [-0.05, 0) is 12.1 Å². The summed E-state index contributed by atoms with van der Waals surface area (Å²) < 4.78 is 0. The van der Waals surface area contributed by atoms with Gasteiger partial charge in [-0.25, -0.2) is 9.97 Å². The summed E-state index contributed by atoms with van der Waals surface area (Å²) in [6.45, 7) is 6.27. The van der Waals surface area contributed by atoms with Gasteiger partial charge in [-0.2, -0.15) is 0 Å². The van der Waals surface area contributed by atoms with Gasteiger partial charge in [0.2, 0.25) is 0 Å². The van der Waals surface area contributed by atoms with Crippen LogP contribution in [0.4, 0.5) is 10.8 Å². The number of carbonyl (C=O) groups excluding carboxylic acids is 1. The topological polar surface area (TPSA) is 66.9 Å². The molecule has 0 saturated heterocycles. The molecule has 0 atom stereocenters. The molecule has 0 radical (unpaired) electrons. The van der Waals surface area contributed by atoms with Gasteiger partial charge in [0.25, 0.3) is 5.91 Å². The lowest BCUT2D eigenvalue weighted by Crippen LogP contribution is -2.15. The van der Waals surface area contributed by atoms with Crippen molar-refractivity contribution < 1.29 is 4.79 Å². The highest BCUT2D eigenvalue weighted by molar-refractivity contribution is 7.14. The van der Waals surface area contributed by atoms with Crippen LogP contribution in [0.15, 0.2) is 23.7 Å². The fourth-order valence-electron chi connectivity index (χ4n) is 1.51. The van der Waals surface area contributed by atoms with Crippen LogP contribution >= 0.6 is 11.3 Å². The Kier molecular flexibility index (Phi) is 4.04. The molecule has 0 aliphatic carbocycles. The fourth-order valence-corrected chi connectivity index (χ4v) is 2.45. The number of rotatable bonds is 3. The molecule has 0 aliphatic heterocycles. The highest BCUT2D eigenvalue weighted by Crippen LogP contribution is 2.26. The van der Waals surface area contributed by atoms with Crippen LogP contribution in [0.2, 0.25) is 0 Å². The second-order valence-corrected chi connectivity index (χ2v) is 6.28. The predicted octanol–water partition coefficient (Wildman–Crippen LogP) is 3.13. The van der Waals surface area contributed by atoms with Gasteiger partial charge in [0.15, 0.2) is 5.13 Å². The zero-order valence-corrected chi connectivity index (χ0v) is 12.8. The summed E-state index contributed by atoms with van der Waals surface area (Å²) in [4.78, 5) is 20.6. The number of amides is 1. The monoisotopic (exact) mass is 290 g/mol. The van der Waals surface area contributed by atoms with Crippen LogP contribution in [0.1, 0.15) is 37.0 Å². The number of thiazole rings is 1. The summed E-state index contributed by atoms with van der Waals surface area (Å²) in [5.41, 5.74) is 2.19. The number of carbonyl (C=O) groups is 1. The number of anilines is 2. The van der Waals surface area contributed by atoms with Crippen LogP contribution in [0, 0.1) is 0 Å². The number of hydrogen-bond acceptors (Lipinski definition) is 5. The average Bonchev–Trinajstić information content (AvgIpc) is 2.87. The zero-order chi connectivity index (χ0) is 14.8. The molecule has 1 amide bonds. The Morgan fingerprint density at radius 1 is 1.30 bits per heavy atom. The van der Waals surface area contributed by atoms with E-state index in [0.717, 1.165) is 11.4 Å². The van der Waals surface area contributed by atoms with Crippen LogP contribution in [-0.4, -0.2) is 22.9 Å². The predicted molar refractivity (Wildman–Crippen MR) is 82.6 cm³/mol. The second-order valence-electron chi connectivity index (χ2n) is 5.42. The molecule has 0 aromatic carbocycles. The largest absolute Gasteiger partial charge is 0.387 e. The van der Waals surface area contributed by atoms with E-state index in [1.54, 1.807) is 19.3 Å². The zero-order valence-electron chi connectivity index (χ0n) is 12.0. The summed E-state index contributed by atoms with van der Waals surface area (Å²) >= 11 is 1.42. The van der Waals surface area contributed by atoms with E-state index in [1.165, 1.54) is 11.3 Å². The number of hydrogen-bond donors (Lipinski definition) is 2. The summed E-state index contributed by atoms with van der Waals surface area (Å²) in [6.07, 6.45) is 1.62. The van der Waals surface area contributed by atoms with Gasteiger partial charge in [-0.3, -0.25) is 10.1 Å². The molecule has 2 aromatic heterocycles. The molecule has 0 unspecified atom stereocenters. The van der Waals surface area contributed by atoms with Crippen molar-refractivity contribution in [2.45, 2.75) is 26.2 Å². The lowest BCUT2D eigenvalue weighted by molar-refractivity contribution is 0.102. The molecule has 6 heteroatoms. The summed E-state index contributed by atoms with van der Waals surface area (Å²) in [5, 5.41) is 8.29. The normalized spacial score (nSPS) is 11.2. The molecule has 106 valence electrons. The van der Waals surface area contributed by atoms with Gasteiger partial charge in [0, 0.05) is 17.8 Å². The maximum absolute atomic E-state index is 12.0. The van der Waals surface area contributed by atoms with E-state index in [1.807, 2.05) is 11.4 Å². The van der Waals surface area contributed by atoms with Gasteiger partial charge in [0.05, 0.1) is 17.6 Å². The molecule has 0 fully saturated rings.